The molecule has 0 amide bonds. The monoisotopic (exact) mass is 234 g/mol. The molecule has 0 saturated heterocycles. The summed E-state index contributed by atoms with van der Waals surface area (Å²) < 4.78 is 5.74. The molecule has 3 rings (SSSR count). The van der Waals surface area contributed by atoms with E-state index in [4.69, 9.17) is 4.74 Å². The lowest BCUT2D eigenvalue weighted by molar-refractivity contribution is 0.0337. The van der Waals surface area contributed by atoms with E-state index in [1.807, 2.05) is 7.11 Å². The minimum atomic E-state index is 0.354. The van der Waals surface area contributed by atoms with E-state index in [-0.39, 0.29) is 0 Å². The summed E-state index contributed by atoms with van der Waals surface area (Å²) >= 11 is 0. The van der Waals surface area contributed by atoms with E-state index in [1.54, 1.807) is 0 Å². The van der Waals surface area contributed by atoms with Crippen LogP contribution >= 0.6 is 0 Å². The predicted octanol–water partition coefficient (Wildman–Crippen LogP) is 4.04. The van der Waals surface area contributed by atoms with Crippen molar-refractivity contribution < 1.29 is 4.74 Å². The largest absolute Gasteiger partial charge is 0.381 e. The van der Waals surface area contributed by atoms with Gasteiger partial charge >= 0.3 is 0 Å². The zero-order chi connectivity index (χ0) is 12.4. The van der Waals surface area contributed by atoms with Gasteiger partial charge in [-0.1, -0.05) is 32.9 Å². The zero-order valence-electron chi connectivity index (χ0n) is 11.8. The molecule has 0 aliphatic heterocycles. The Morgan fingerprint density at radius 1 is 1.35 bits per heavy atom. The fraction of sp³-hybridized carbons (Fsp3) is 0.875. The summed E-state index contributed by atoms with van der Waals surface area (Å²) in [6.07, 6.45) is 5.91. The highest BCUT2D eigenvalue weighted by Gasteiger charge is 2.63. The van der Waals surface area contributed by atoms with E-state index in [2.05, 4.69) is 27.4 Å². The molecule has 17 heavy (non-hydrogen) atoms. The van der Waals surface area contributed by atoms with E-state index in [9.17, 15) is 0 Å². The van der Waals surface area contributed by atoms with Crippen LogP contribution in [0.4, 0.5) is 0 Å². The highest BCUT2D eigenvalue weighted by Crippen LogP contribution is 2.70. The summed E-state index contributed by atoms with van der Waals surface area (Å²) in [5.41, 5.74) is 2.42. The molecule has 0 radical (unpaired) electrons. The molecule has 0 heterocycles. The number of hydrogen-bond donors (Lipinski definition) is 0. The molecule has 3 aliphatic rings. The van der Waals surface area contributed by atoms with Gasteiger partial charge in [0.1, 0.15) is 0 Å². The number of ether oxygens (including phenoxy) is 1. The van der Waals surface area contributed by atoms with Gasteiger partial charge in [0.2, 0.25) is 0 Å². The zero-order valence-corrected chi connectivity index (χ0v) is 11.8. The Kier molecular flexibility index (Phi) is 2.34. The SMILES string of the molecule is C=C1C2C[C@@H](OC)[C@H](C)[C@@]23CC[C@H](C3)C1(C)C. The standard InChI is InChI=1S/C16H26O/c1-10-13-8-14(17-5)11(2)16(13)7-6-12(9-16)15(10,3)4/h11-14H,1,6-9H2,2-5H3/t11-,12+,13?,14+,16-/m0/s1. The lowest BCUT2D eigenvalue weighted by atomic mass is 9.56. The minimum Gasteiger partial charge on any atom is -0.381 e. The third-order valence-corrected chi connectivity index (χ3v) is 6.78. The smallest absolute Gasteiger partial charge is 0.0608 e. The van der Waals surface area contributed by atoms with Crippen LogP contribution in [0.1, 0.15) is 46.5 Å². The van der Waals surface area contributed by atoms with Gasteiger partial charge in [-0.05, 0) is 54.3 Å². The first-order valence-electron chi connectivity index (χ1n) is 7.15. The predicted molar refractivity (Wildman–Crippen MR) is 70.8 cm³/mol. The molecule has 0 aromatic carbocycles. The van der Waals surface area contributed by atoms with Crippen LogP contribution in [0.3, 0.4) is 0 Å². The number of methoxy groups -OCH3 is 1. The first kappa shape index (κ1) is 11.8. The molecule has 0 N–H and O–H groups in total. The van der Waals surface area contributed by atoms with Crippen LogP contribution in [-0.2, 0) is 4.74 Å². The van der Waals surface area contributed by atoms with Gasteiger partial charge in [-0.2, -0.15) is 0 Å². The summed E-state index contributed by atoms with van der Waals surface area (Å²) in [6, 6.07) is 0. The van der Waals surface area contributed by atoms with Gasteiger partial charge in [0.25, 0.3) is 0 Å². The Morgan fingerprint density at radius 3 is 2.71 bits per heavy atom. The second-order valence-electron chi connectivity index (χ2n) is 7.27. The molecule has 3 saturated carbocycles. The second-order valence-corrected chi connectivity index (χ2v) is 7.27. The van der Waals surface area contributed by atoms with Crippen molar-refractivity contribution in [3.8, 4) is 0 Å². The van der Waals surface area contributed by atoms with Gasteiger partial charge in [-0.3, -0.25) is 0 Å². The van der Waals surface area contributed by atoms with Crippen LogP contribution in [0.25, 0.3) is 0 Å². The molecule has 3 fully saturated rings. The van der Waals surface area contributed by atoms with Crippen molar-refractivity contribution in [2.45, 2.75) is 52.6 Å². The molecule has 96 valence electrons. The van der Waals surface area contributed by atoms with Gasteiger partial charge < -0.3 is 4.74 Å². The minimum absolute atomic E-state index is 0.354. The van der Waals surface area contributed by atoms with E-state index in [1.165, 1.54) is 31.3 Å². The average molecular weight is 234 g/mol. The Balaban J connectivity index is 2.03. The number of hydrogen-bond acceptors (Lipinski definition) is 1. The molecular weight excluding hydrogens is 208 g/mol. The van der Waals surface area contributed by atoms with Gasteiger partial charge in [-0.25, -0.2) is 0 Å². The Labute approximate surface area is 106 Å². The topological polar surface area (TPSA) is 9.23 Å². The van der Waals surface area contributed by atoms with Crippen LogP contribution in [0.2, 0.25) is 0 Å². The van der Waals surface area contributed by atoms with Gasteiger partial charge in [0, 0.05) is 7.11 Å². The van der Waals surface area contributed by atoms with E-state index in [0.717, 1.165) is 17.8 Å². The van der Waals surface area contributed by atoms with Crippen LogP contribution in [0.15, 0.2) is 12.2 Å². The quantitative estimate of drug-likeness (QED) is 0.622. The molecule has 2 bridgehead atoms. The maximum Gasteiger partial charge on any atom is 0.0608 e. The van der Waals surface area contributed by atoms with Crippen molar-refractivity contribution in [3.63, 3.8) is 0 Å². The molecule has 3 aliphatic carbocycles. The van der Waals surface area contributed by atoms with Crippen molar-refractivity contribution in [1.82, 2.24) is 0 Å². The molecule has 0 aromatic rings. The fourth-order valence-electron chi connectivity index (χ4n) is 5.31. The summed E-state index contributed by atoms with van der Waals surface area (Å²) in [5.74, 6) is 2.30. The Bertz CT molecular complexity index is 357. The fourth-order valence-corrected chi connectivity index (χ4v) is 5.31. The van der Waals surface area contributed by atoms with E-state index >= 15 is 0 Å². The normalized spacial score (nSPS) is 51.6. The van der Waals surface area contributed by atoms with Gasteiger partial charge in [-0.15, -0.1) is 0 Å². The highest BCUT2D eigenvalue weighted by molar-refractivity contribution is 5.28. The Hall–Kier alpha value is -0.300. The third kappa shape index (κ3) is 1.24. The molecule has 1 spiro atoms. The molecule has 1 unspecified atom stereocenters. The molecule has 0 aromatic heterocycles. The molecular formula is C16H26O. The first-order valence-corrected chi connectivity index (χ1v) is 7.15. The second kappa shape index (κ2) is 3.38. The van der Waals surface area contributed by atoms with Gasteiger partial charge in [0.05, 0.1) is 6.10 Å². The number of allylic oxidation sites excluding steroid dienone is 1. The lowest BCUT2D eigenvalue weighted by Crippen LogP contribution is -2.41. The number of fused-ring (bicyclic) bond motifs is 1. The highest BCUT2D eigenvalue weighted by atomic mass is 16.5. The van der Waals surface area contributed by atoms with Crippen molar-refractivity contribution in [1.29, 1.82) is 0 Å². The maximum atomic E-state index is 5.74. The van der Waals surface area contributed by atoms with Crippen LogP contribution in [0, 0.1) is 28.6 Å². The van der Waals surface area contributed by atoms with Crippen LogP contribution < -0.4 is 0 Å². The summed E-state index contributed by atoms with van der Waals surface area (Å²) in [5, 5.41) is 0. The van der Waals surface area contributed by atoms with Crippen molar-refractivity contribution >= 4 is 0 Å². The van der Waals surface area contributed by atoms with E-state index in [0.29, 0.717) is 16.9 Å². The van der Waals surface area contributed by atoms with Crippen molar-refractivity contribution in [2.75, 3.05) is 7.11 Å². The lowest BCUT2D eigenvalue weighted by Gasteiger charge is -2.48. The van der Waals surface area contributed by atoms with Crippen LogP contribution in [0.5, 0.6) is 0 Å². The van der Waals surface area contributed by atoms with Crippen LogP contribution in [-0.4, -0.2) is 13.2 Å². The average Bonchev–Trinajstić information content (AvgIpc) is 2.82. The molecule has 1 nitrogen and oxygen atoms in total. The summed E-state index contributed by atoms with van der Waals surface area (Å²) in [7, 11) is 1.88. The first-order chi connectivity index (χ1) is 7.93. The Morgan fingerprint density at radius 2 is 2.06 bits per heavy atom. The number of rotatable bonds is 1. The van der Waals surface area contributed by atoms with Crippen molar-refractivity contribution in [3.05, 3.63) is 12.2 Å². The third-order valence-electron chi connectivity index (χ3n) is 6.78. The van der Waals surface area contributed by atoms with Crippen molar-refractivity contribution in [2.24, 2.45) is 28.6 Å². The van der Waals surface area contributed by atoms with Gasteiger partial charge in [0.15, 0.2) is 0 Å². The maximum absolute atomic E-state index is 5.74. The van der Waals surface area contributed by atoms with E-state index < -0.39 is 0 Å². The molecule has 1 heteroatoms. The summed E-state index contributed by atoms with van der Waals surface area (Å²) in [6.45, 7) is 11.7. The summed E-state index contributed by atoms with van der Waals surface area (Å²) in [4.78, 5) is 0. The molecule has 5 atom stereocenters.